The number of benzene rings is 1. The predicted molar refractivity (Wildman–Crippen MR) is 138 cm³/mol. The monoisotopic (exact) mass is 521 g/mol. The van der Waals surface area contributed by atoms with Gasteiger partial charge < -0.3 is 14.8 Å². The summed E-state index contributed by atoms with van der Waals surface area (Å²) in [5.41, 5.74) is 3.11. The van der Waals surface area contributed by atoms with Crippen LogP contribution in [0.5, 0.6) is 0 Å². The summed E-state index contributed by atoms with van der Waals surface area (Å²) in [4.78, 5) is 45.0. The van der Waals surface area contributed by atoms with E-state index in [0.717, 1.165) is 0 Å². The summed E-state index contributed by atoms with van der Waals surface area (Å²) < 4.78 is 23.9. The second-order valence-electron chi connectivity index (χ2n) is 9.54. The molecule has 1 fully saturated rings. The van der Waals surface area contributed by atoms with Gasteiger partial charge in [0.2, 0.25) is 0 Å². The fourth-order valence-electron chi connectivity index (χ4n) is 5.14. The summed E-state index contributed by atoms with van der Waals surface area (Å²) in [6, 6.07) is 9.24. The van der Waals surface area contributed by atoms with Crippen molar-refractivity contribution in [2.24, 2.45) is 5.92 Å². The standard InChI is InChI=1S/C29H32FN3O5/c1-18-24(28(35)37-3)26(22-5-4-12-31-17-22)25(19(2)32-18)29(36)38-16-15-33-13-10-21(11-14-33)27(34)20-6-8-23(30)9-7-20/h4-9,12,17,21,26,32H,10-11,13-16H2,1-3H3. The van der Waals surface area contributed by atoms with Crippen molar-refractivity contribution >= 4 is 17.7 Å². The molecular formula is C29H32FN3O5. The first-order valence-electron chi connectivity index (χ1n) is 12.7. The van der Waals surface area contributed by atoms with Crippen LogP contribution in [-0.2, 0) is 19.1 Å². The van der Waals surface area contributed by atoms with Crippen molar-refractivity contribution in [2.45, 2.75) is 32.6 Å². The van der Waals surface area contributed by atoms with E-state index in [9.17, 15) is 18.8 Å². The number of allylic oxidation sites excluding steroid dienone is 2. The third-order valence-corrected chi connectivity index (χ3v) is 7.13. The van der Waals surface area contributed by atoms with Crippen LogP contribution in [0.3, 0.4) is 0 Å². The third kappa shape index (κ3) is 5.99. The number of nitrogens with one attached hydrogen (secondary N) is 1. The maximum Gasteiger partial charge on any atom is 0.336 e. The van der Waals surface area contributed by atoms with Gasteiger partial charge in [-0.2, -0.15) is 0 Å². The second kappa shape index (κ2) is 12.1. The van der Waals surface area contributed by atoms with Crippen molar-refractivity contribution in [1.29, 1.82) is 0 Å². The number of piperidine rings is 1. The Hall–Kier alpha value is -3.85. The molecule has 2 aromatic rings. The summed E-state index contributed by atoms with van der Waals surface area (Å²) >= 11 is 0. The summed E-state index contributed by atoms with van der Waals surface area (Å²) in [5.74, 6) is -2.14. The lowest BCUT2D eigenvalue weighted by atomic mass is 9.81. The molecule has 3 heterocycles. The normalized spacial score (nSPS) is 18.7. The van der Waals surface area contributed by atoms with Crippen LogP contribution in [0.15, 0.2) is 71.3 Å². The molecule has 9 heteroatoms. The molecule has 8 nitrogen and oxygen atoms in total. The molecule has 1 aromatic carbocycles. The maximum absolute atomic E-state index is 13.3. The van der Waals surface area contributed by atoms with Gasteiger partial charge in [-0.05, 0) is 75.7 Å². The number of ether oxygens (including phenoxy) is 2. The number of Topliss-reactive ketones (excluding diaryl/α,β-unsaturated/α-hetero) is 1. The summed E-state index contributed by atoms with van der Waals surface area (Å²) in [7, 11) is 1.31. The fraction of sp³-hybridized carbons (Fsp3) is 0.379. The van der Waals surface area contributed by atoms with E-state index in [2.05, 4.69) is 15.2 Å². The Labute approximate surface area is 221 Å². The van der Waals surface area contributed by atoms with Crippen molar-refractivity contribution in [3.63, 3.8) is 0 Å². The third-order valence-electron chi connectivity index (χ3n) is 7.13. The van der Waals surface area contributed by atoms with Gasteiger partial charge in [-0.25, -0.2) is 14.0 Å². The zero-order valence-electron chi connectivity index (χ0n) is 21.8. The van der Waals surface area contributed by atoms with E-state index in [1.54, 1.807) is 32.3 Å². The molecule has 2 aliphatic rings. The van der Waals surface area contributed by atoms with Crippen LogP contribution < -0.4 is 5.32 Å². The summed E-state index contributed by atoms with van der Waals surface area (Å²) in [6.07, 6.45) is 4.63. The topological polar surface area (TPSA) is 97.8 Å². The Balaban J connectivity index is 1.37. The molecule has 1 unspecified atom stereocenters. The van der Waals surface area contributed by atoms with E-state index in [0.29, 0.717) is 66.1 Å². The van der Waals surface area contributed by atoms with Gasteiger partial charge in [0.15, 0.2) is 5.78 Å². The van der Waals surface area contributed by atoms with Crippen molar-refractivity contribution in [3.8, 4) is 0 Å². The molecule has 1 saturated heterocycles. The Morgan fingerprint density at radius 1 is 1.03 bits per heavy atom. The van der Waals surface area contributed by atoms with Gasteiger partial charge in [-0.15, -0.1) is 0 Å². The van der Waals surface area contributed by atoms with Crippen LogP contribution in [0.2, 0.25) is 0 Å². The number of hydrogen-bond acceptors (Lipinski definition) is 8. The maximum atomic E-state index is 13.3. The molecule has 200 valence electrons. The van der Waals surface area contributed by atoms with E-state index >= 15 is 0 Å². The molecule has 38 heavy (non-hydrogen) atoms. The van der Waals surface area contributed by atoms with Crippen LogP contribution in [0.4, 0.5) is 4.39 Å². The SMILES string of the molecule is COC(=O)C1=C(C)NC(C)=C(C(=O)OCCN2CCC(C(=O)c3ccc(F)cc3)CC2)C1c1cccnc1. The van der Waals surface area contributed by atoms with Gasteiger partial charge in [-0.1, -0.05) is 6.07 Å². The molecule has 0 spiro atoms. The Morgan fingerprint density at radius 2 is 1.68 bits per heavy atom. The van der Waals surface area contributed by atoms with Crippen LogP contribution >= 0.6 is 0 Å². The zero-order valence-corrected chi connectivity index (χ0v) is 21.8. The number of carbonyl (C=O) groups excluding carboxylic acids is 3. The highest BCUT2D eigenvalue weighted by Gasteiger charge is 2.38. The minimum absolute atomic E-state index is 0.0366. The van der Waals surface area contributed by atoms with E-state index in [1.807, 2.05) is 6.07 Å². The highest BCUT2D eigenvalue weighted by molar-refractivity contribution is 6.00. The van der Waals surface area contributed by atoms with Crippen LogP contribution in [-0.4, -0.2) is 61.0 Å². The smallest absolute Gasteiger partial charge is 0.336 e. The number of methoxy groups -OCH3 is 1. The molecule has 1 N–H and O–H groups in total. The number of hydrogen-bond donors (Lipinski definition) is 1. The summed E-state index contributed by atoms with van der Waals surface area (Å²) in [6.45, 7) is 5.64. The molecule has 0 radical (unpaired) electrons. The molecule has 1 atom stereocenters. The van der Waals surface area contributed by atoms with Gasteiger partial charge in [0.05, 0.1) is 24.2 Å². The number of ketones is 1. The van der Waals surface area contributed by atoms with Crippen LogP contribution in [0, 0.1) is 11.7 Å². The van der Waals surface area contributed by atoms with E-state index in [1.165, 1.54) is 31.4 Å². The number of carbonyl (C=O) groups is 3. The Morgan fingerprint density at radius 3 is 2.29 bits per heavy atom. The van der Waals surface area contributed by atoms with Crippen molar-refractivity contribution in [3.05, 3.63) is 88.3 Å². The quantitative estimate of drug-likeness (QED) is 0.414. The Bertz CT molecular complexity index is 1250. The average Bonchev–Trinajstić information content (AvgIpc) is 2.93. The molecule has 2 aliphatic heterocycles. The van der Waals surface area contributed by atoms with Gasteiger partial charge in [0, 0.05) is 41.8 Å². The largest absolute Gasteiger partial charge is 0.466 e. The molecular weight excluding hydrogens is 489 g/mol. The van der Waals surface area contributed by atoms with Crippen molar-refractivity contribution < 1.29 is 28.2 Å². The van der Waals surface area contributed by atoms with Gasteiger partial charge >= 0.3 is 11.9 Å². The second-order valence-corrected chi connectivity index (χ2v) is 9.54. The number of aromatic nitrogens is 1. The first-order valence-corrected chi connectivity index (χ1v) is 12.7. The number of likely N-dealkylation sites (tertiary alicyclic amines) is 1. The number of rotatable bonds is 8. The van der Waals surface area contributed by atoms with Crippen LogP contribution in [0.25, 0.3) is 0 Å². The number of halogens is 1. The number of dihydropyridines is 1. The number of pyridine rings is 1. The molecule has 4 rings (SSSR count). The van der Waals surface area contributed by atoms with Crippen molar-refractivity contribution in [1.82, 2.24) is 15.2 Å². The highest BCUT2D eigenvalue weighted by Crippen LogP contribution is 2.38. The highest BCUT2D eigenvalue weighted by atomic mass is 19.1. The molecule has 0 amide bonds. The first-order chi connectivity index (χ1) is 18.3. The molecule has 0 saturated carbocycles. The molecule has 1 aromatic heterocycles. The summed E-state index contributed by atoms with van der Waals surface area (Å²) in [5, 5.41) is 3.12. The average molecular weight is 522 g/mol. The zero-order chi connectivity index (χ0) is 27.2. The van der Waals surface area contributed by atoms with E-state index in [-0.39, 0.29) is 24.1 Å². The minimum atomic E-state index is -0.668. The van der Waals surface area contributed by atoms with Crippen molar-refractivity contribution in [2.75, 3.05) is 33.4 Å². The molecule has 0 aliphatic carbocycles. The Kier molecular flexibility index (Phi) is 8.68. The van der Waals surface area contributed by atoms with Crippen LogP contribution in [0.1, 0.15) is 48.5 Å². The van der Waals surface area contributed by atoms with Gasteiger partial charge in [0.25, 0.3) is 0 Å². The minimum Gasteiger partial charge on any atom is -0.466 e. The lowest BCUT2D eigenvalue weighted by Gasteiger charge is -2.32. The number of esters is 2. The lowest BCUT2D eigenvalue weighted by molar-refractivity contribution is -0.140. The van der Waals surface area contributed by atoms with Gasteiger partial charge in [0.1, 0.15) is 12.4 Å². The fourth-order valence-corrected chi connectivity index (χ4v) is 5.14. The molecule has 0 bridgehead atoms. The first kappa shape index (κ1) is 27.2. The van der Waals surface area contributed by atoms with E-state index < -0.39 is 17.9 Å². The predicted octanol–water partition coefficient (Wildman–Crippen LogP) is 3.77. The number of nitrogens with zero attached hydrogens (tertiary/aromatic N) is 2. The van der Waals surface area contributed by atoms with E-state index in [4.69, 9.17) is 9.47 Å². The lowest BCUT2D eigenvalue weighted by Crippen LogP contribution is -2.39. The van der Waals surface area contributed by atoms with Gasteiger partial charge in [-0.3, -0.25) is 14.7 Å².